The normalized spacial score (nSPS) is 14.3. The first-order valence-corrected chi connectivity index (χ1v) is 11.9. The van der Waals surface area contributed by atoms with Crippen molar-refractivity contribution < 1.29 is 33.0 Å². The number of thioether (sulfide) groups is 1. The van der Waals surface area contributed by atoms with Crippen molar-refractivity contribution in [3.8, 4) is 17.2 Å². The number of benzene rings is 3. The first kappa shape index (κ1) is 25.0. The molecule has 0 spiro atoms. The van der Waals surface area contributed by atoms with Crippen LogP contribution >= 0.6 is 11.8 Å². The lowest BCUT2D eigenvalue weighted by Gasteiger charge is -2.13. The lowest BCUT2D eigenvalue weighted by atomic mass is 10.1. The Morgan fingerprint density at radius 3 is 2.44 bits per heavy atom. The molecule has 9 heteroatoms. The minimum absolute atomic E-state index is 0.124. The number of hydrogen-bond acceptors (Lipinski definition) is 7. The van der Waals surface area contributed by atoms with Gasteiger partial charge in [0.15, 0.2) is 11.5 Å². The van der Waals surface area contributed by atoms with Crippen LogP contribution in [0.4, 0.5) is 9.18 Å². The summed E-state index contributed by atoms with van der Waals surface area (Å²) in [7, 11) is 0. The fourth-order valence-corrected chi connectivity index (χ4v) is 4.19. The van der Waals surface area contributed by atoms with Gasteiger partial charge in [-0.1, -0.05) is 24.3 Å². The minimum Gasteiger partial charge on any atom is -0.492 e. The van der Waals surface area contributed by atoms with Gasteiger partial charge in [0.1, 0.15) is 18.2 Å². The van der Waals surface area contributed by atoms with Crippen molar-refractivity contribution >= 4 is 35.0 Å². The minimum atomic E-state index is -0.664. The molecule has 0 saturated carbocycles. The van der Waals surface area contributed by atoms with Gasteiger partial charge in [-0.15, -0.1) is 0 Å². The molecule has 1 fully saturated rings. The molecule has 1 heterocycles. The van der Waals surface area contributed by atoms with Crippen molar-refractivity contribution in [3.05, 3.63) is 94.6 Å². The third-order valence-electron chi connectivity index (χ3n) is 5.05. The number of nitrogens with zero attached hydrogens (tertiary/aromatic N) is 1. The van der Waals surface area contributed by atoms with Crippen LogP contribution in [0.2, 0.25) is 0 Å². The van der Waals surface area contributed by atoms with Gasteiger partial charge >= 0.3 is 5.97 Å². The average Bonchev–Trinajstić information content (AvgIpc) is 3.14. The third-order valence-corrected chi connectivity index (χ3v) is 5.96. The molecule has 7 nitrogen and oxygen atoms in total. The zero-order valence-corrected chi connectivity index (χ0v) is 20.1. The highest BCUT2D eigenvalue weighted by molar-refractivity contribution is 8.18. The number of esters is 1. The van der Waals surface area contributed by atoms with E-state index >= 15 is 0 Å². The van der Waals surface area contributed by atoms with Gasteiger partial charge < -0.3 is 14.2 Å². The van der Waals surface area contributed by atoms with Crippen molar-refractivity contribution in [3.63, 3.8) is 0 Å². The highest BCUT2D eigenvalue weighted by Gasteiger charge is 2.34. The molecule has 0 unspecified atom stereocenters. The molecule has 0 aliphatic carbocycles. The number of ether oxygens (including phenoxy) is 3. The molecular weight excluding hydrogens is 485 g/mol. The van der Waals surface area contributed by atoms with Crippen molar-refractivity contribution in [1.29, 1.82) is 0 Å². The second-order valence-corrected chi connectivity index (χ2v) is 8.52. The second kappa shape index (κ2) is 11.5. The van der Waals surface area contributed by atoms with Crippen LogP contribution in [0.15, 0.2) is 77.7 Å². The van der Waals surface area contributed by atoms with Crippen LogP contribution in [-0.2, 0) is 4.79 Å². The Morgan fingerprint density at radius 1 is 0.972 bits per heavy atom. The first-order valence-electron chi connectivity index (χ1n) is 11.1. The molecule has 0 radical (unpaired) electrons. The maximum Gasteiger partial charge on any atom is 0.343 e. The molecule has 0 bridgehead atoms. The predicted octanol–water partition coefficient (Wildman–Crippen LogP) is 5.56. The number of hydrogen-bond donors (Lipinski definition) is 0. The van der Waals surface area contributed by atoms with E-state index in [0.29, 0.717) is 17.9 Å². The average molecular weight is 508 g/mol. The summed E-state index contributed by atoms with van der Waals surface area (Å²) in [5, 5.41) is -0.377. The topological polar surface area (TPSA) is 82.1 Å². The molecule has 3 aromatic carbocycles. The van der Waals surface area contributed by atoms with Gasteiger partial charge in [-0.25, -0.2) is 9.18 Å². The molecule has 4 rings (SSSR count). The molecule has 0 aromatic heterocycles. The molecule has 2 amide bonds. The number of amides is 2. The van der Waals surface area contributed by atoms with Gasteiger partial charge in [-0.05, 0) is 78.9 Å². The Bertz CT molecular complexity index is 1290. The maximum atomic E-state index is 13.1. The van der Waals surface area contributed by atoms with Crippen LogP contribution in [0.25, 0.3) is 6.08 Å². The van der Waals surface area contributed by atoms with E-state index in [2.05, 4.69) is 0 Å². The molecule has 1 aliphatic heterocycles. The van der Waals surface area contributed by atoms with Crippen molar-refractivity contribution in [2.24, 2.45) is 0 Å². The number of carbonyl (C=O) groups is 3. The van der Waals surface area contributed by atoms with E-state index in [-0.39, 0.29) is 40.4 Å². The van der Waals surface area contributed by atoms with Crippen LogP contribution in [0.3, 0.4) is 0 Å². The number of imide groups is 1. The van der Waals surface area contributed by atoms with Crippen LogP contribution in [-0.4, -0.2) is 41.8 Å². The molecule has 0 N–H and O–H groups in total. The standard InChI is InChI=1S/C27H22FNO6S/c1-2-33-23-16-18(8-13-22(23)35-26(31)19-9-11-20(28)12-10-19)17-24-25(30)29(27(32)36-24)14-15-34-21-6-4-3-5-7-21/h3-13,16-17H,2,14-15H2,1H3/b24-17-. The number of rotatable bonds is 9. The Hall–Kier alpha value is -4.11. The highest BCUT2D eigenvalue weighted by Crippen LogP contribution is 2.35. The third kappa shape index (κ3) is 6.11. The summed E-state index contributed by atoms with van der Waals surface area (Å²) >= 11 is 0.842. The van der Waals surface area contributed by atoms with Crippen LogP contribution < -0.4 is 14.2 Å². The molecular formula is C27H22FNO6S. The van der Waals surface area contributed by atoms with Gasteiger partial charge in [0, 0.05) is 0 Å². The predicted molar refractivity (Wildman–Crippen MR) is 134 cm³/mol. The summed E-state index contributed by atoms with van der Waals surface area (Å²) < 4.78 is 29.8. The molecule has 1 aliphatic rings. The zero-order chi connectivity index (χ0) is 25.5. The van der Waals surface area contributed by atoms with E-state index in [1.165, 1.54) is 30.3 Å². The zero-order valence-electron chi connectivity index (χ0n) is 19.3. The van der Waals surface area contributed by atoms with Crippen LogP contribution in [0.1, 0.15) is 22.8 Å². The summed E-state index contributed by atoms with van der Waals surface area (Å²) in [5.74, 6) is -0.414. The highest BCUT2D eigenvalue weighted by atomic mass is 32.2. The lowest BCUT2D eigenvalue weighted by Crippen LogP contribution is -2.32. The van der Waals surface area contributed by atoms with Crippen LogP contribution in [0.5, 0.6) is 17.2 Å². The lowest BCUT2D eigenvalue weighted by molar-refractivity contribution is -0.123. The van der Waals surface area contributed by atoms with Gasteiger partial charge in [-0.2, -0.15) is 0 Å². The largest absolute Gasteiger partial charge is 0.492 e. The smallest absolute Gasteiger partial charge is 0.343 e. The van der Waals surface area contributed by atoms with Gasteiger partial charge in [0.05, 0.1) is 23.6 Å². The van der Waals surface area contributed by atoms with E-state index in [1.54, 1.807) is 37.3 Å². The van der Waals surface area contributed by atoms with Crippen molar-refractivity contribution in [1.82, 2.24) is 4.90 Å². The Balaban J connectivity index is 1.45. The Labute approximate surface area is 211 Å². The van der Waals surface area contributed by atoms with E-state index < -0.39 is 17.7 Å². The Kier molecular flexibility index (Phi) is 8.02. The van der Waals surface area contributed by atoms with Crippen molar-refractivity contribution in [2.45, 2.75) is 6.92 Å². The fourth-order valence-electron chi connectivity index (χ4n) is 3.33. The summed E-state index contributed by atoms with van der Waals surface area (Å²) in [5.41, 5.74) is 0.777. The molecule has 3 aromatic rings. The number of para-hydroxylation sites is 1. The van der Waals surface area contributed by atoms with E-state index in [0.717, 1.165) is 16.7 Å². The molecule has 0 atom stereocenters. The Morgan fingerprint density at radius 2 is 1.72 bits per heavy atom. The maximum absolute atomic E-state index is 13.1. The molecule has 184 valence electrons. The number of carbonyl (C=O) groups excluding carboxylic acids is 3. The van der Waals surface area contributed by atoms with Gasteiger partial charge in [-0.3, -0.25) is 14.5 Å². The summed E-state index contributed by atoms with van der Waals surface area (Å²) in [6.07, 6.45) is 1.58. The number of halogens is 1. The summed E-state index contributed by atoms with van der Waals surface area (Å²) in [4.78, 5) is 39.0. The van der Waals surface area contributed by atoms with Gasteiger partial charge in [0.2, 0.25) is 0 Å². The summed E-state index contributed by atoms with van der Waals surface area (Å²) in [6.45, 7) is 2.39. The van der Waals surface area contributed by atoms with E-state index in [1.807, 2.05) is 18.2 Å². The van der Waals surface area contributed by atoms with Crippen LogP contribution in [0, 0.1) is 5.82 Å². The van der Waals surface area contributed by atoms with Gasteiger partial charge in [0.25, 0.3) is 11.1 Å². The molecule has 1 saturated heterocycles. The van der Waals surface area contributed by atoms with E-state index in [9.17, 15) is 18.8 Å². The van der Waals surface area contributed by atoms with Crippen molar-refractivity contribution in [2.75, 3.05) is 19.8 Å². The quantitative estimate of drug-likeness (QED) is 0.213. The molecule has 36 heavy (non-hydrogen) atoms. The second-order valence-electron chi connectivity index (χ2n) is 7.53. The first-order chi connectivity index (χ1) is 17.4. The SMILES string of the molecule is CCOc1cc(/C=C2\SC(=O)N(CCOc3ccccc3)C2=O)ccc1OC(=O)c1ccc(F)cc1. The summed E-state index contributed by atoms with van der Waals surface area (Å²) in [6, 6.07) is 18.9. The monoisotopic (exact) mass is 507 g/mol. The fraction of sp³-hybridized carbons (Fsp3) is 0.148. The van der Waals surface area contributed by atoms with E-state index in [4.69, 9.17) is 14.2 Å².